The molecule has 1 aromatic heterocycles. The molecule has 0 radical (unpaired) electrons. The van der Waals surface area contributed by atoms with Gasteiger partial charge in [-0.2, -0.15) is 0 Å². The predicted octanol–water partition coefficient (Wildman–Crippen LogP) is 5.51. The summed E-state index contributed by atoms with van der Waals surface area (Å²) in [6.45, 7) is 4.36. The van der Waals surface area contributed by atoms with Crippen LogP contribution in [-0.2, 0) is 11.2 Å². The van der Waals surface area contributed by atoms with E-state index in [4.69, 9.17) is 4.74 Å². The lowest BCUT2D eigenvalue weighted by Crippen LogP contribution is -2.12. The summed E-state index contributed by atoms with van der Waals surface area (Å²) in [6, 6.07) is 16.2. The standard InChI is InChI=1S/C22H24N2O2S/c1-15(2)17-7-9-18(10-8-17)20-14-27-22(23-20)24-21(25)13-6-16-4-11-19(26-3)12-5-16/h4-5,7-12,14-15H,6,13H2,1-3H3,(H,23,24,25). The quantitative estimate of drug-likeness (QED) is 0.588. The third kappa shape index (κ3) is 5.17. The molecule has 0 spiro atoms. The van der Waals surface area contributed by atoms with Crippen LogP contribution in [0.4, 0.5) is 5.13 Å². The fourth-order valence-corrected chi connectivity index (χ4v) is 3.47. The van der Waals surface area contributed by atoms with Crippen molar-refractivity contribution in [2.75, 3.05) is 12.4 Å². The SMILES string of the molecule is COc1ccc(CCC(=O)Nc2nc(-c3ccc(C(C)C)cc3)cs2)cc1. The molecule has 0 fully saturated rings. The van der Waals surface area contributed by atoms with E-state index >= 15 is 0 Å². The molecule has 0 aliphatic heterocycles. The van der Waals surface area contributed by atoms with Gasteiger partial charge in [-0.05, 0) is 35.6 Å². The average Bonchev–Trinajstić information content (AvgIpc) is 3.15. The smallest absolute Gasteiger partial charge is 0.226 e. The van der Waals surface area contributed by atoms with Gasteiger partial charge in [0.05, 0.1) is 12.8 Å². The number of thiazole rings is 1. The number of benzene rings is 2. The van der Waals surface area contributed by atoms with Crippen LogP contribution in [0.25, 0.3) is 11.3 Å². The maximum atomic E-state index is 12.2. The minimum Gasteiger partial charge on any atom is -0.497 e. The molecule has 0 aliphatic carbocycles. The highest BCUT2D eigenvalue weighted by Crippen LogP contribution is 2.26. The third-order valence-corrected chi connectivity index (χ3v) is 5.18. The molecular weight excluding hydrogens is 356 g/mol. The number of amides is 1. The first-order valence-electron chi connectivity index (χ1n) is 9.04. The Morgan fingerprint density at radius 3 is 2.44 bits per heavy atom. The second kappa shape index (κ2) is 8.82. The Morgan fingerprint density at radius 2 is 1.81 bits per heavy atom. The largest absolute Gasteiger partial charge is 0.497 e. The number of rotatable bonds is 7. The predicted molar refractivity (Wildman–Crippen MR) is 112 cm³/mol. The molecular formula is C22H24N2O2S. The molecule has 0 saturated carbocycles. The molecule has 0 unspecified atom stereocenters. The van der Waals surface area contributed by atoms with Gasteiger partial charge in [0.2, 0.25) is 5.91 Å². The van der Waals surface area contributed by atoms with Crippen LogP contribution >= 0.6 is 11.3 Å². The summed E-state index contributed by atoms with van der Waals surface area (Å²) in [7, 11) is 1.64. The van der Waals surface area contributed by atoms with Crippen LogP contribution in [0.2, 0.25) is 0 Å². The van der Waals surface area contributed by atoms with Crippen LogP contribution in [0, 0.1) is 0 Å². The summed E-state index contributed by atoms with van der Waals surface area (Å²) in [5.74, 6) is 1.30. The number of carbonyl (C=O) groups is 1. The van der Waals surface area contributed by atoms with Gasteiger partial charge in [0.25, 0.3) is 0 Å². The van der Waals surface area contributed by atoms with Gasteiger partial charge in [0.15, 0.2) is 5.13 Å². The fourth-order valence-electron chi connectivity index (χ4n) is 2.73. The molecule has 2 aromatic carbocycles. The summed E-state index contributed by atoms with van der Waals surface area (Å²) < 4.78 is 5.14. The number of aromatic nitrogens is 1. The van der Waals surface area contributed by atoms with Gasteiger partial charge < -0.3 is 10.1 Å². The van der Waals surface area contributed by atoms with E-state index in [1.807, 2.05) is 29.6 Å². The number of hydrogen-bond acceptors (Lipinski definition) is 4. The van der Waals surface area contributed by atoms with Crippen LogP contribution in [0.1, 0.15) is 37.3 Å². The van der Waals surface area contributed by atoms with Crippen molar-refractivity contribution >= 4 is 22.4 Å². The van der Waals surface area contributed by atoms with E-state index in [2.05, 4.69) is 48.4 Å². The Balaban J connectivity index is 1.55. The second-order valence-corrected chi connectivity index (χ2v) is 7.57. The zero-order valence-corrected chi connectivity index (χ0v) is 16.7. The van der Waals surface area contributed by atoms with Crippen LogP contribution in [-0.4, -0.2) is 18.0 Å². The van der Waals surface area contributed by atoms with Gasteiger partial charge in [-0.3, -0.25) is 4.79 Å². The zero-order chi connectivity index (χ0) is 19.2. The Hall–Kier alpha value is -2.66. The molecule has 3 aromatic rings. The van der Waals surface area contributed by atoms with Gasteiger partial charge in [-0.1, -0.05) is 50.2 Å². The van der Waals surface area contributed by atoms with Gasteiger partial charge in [0, 0.05) is 17.4 Å². The van der Waals surface area contributed by atoms with Crippen molar-refractivity contribution < 1.29 is 9.53 Å². The number of methoxy groups -OCH3 is 1. The van der Waals surface area contributed by atoms with Crippen molar-refractivity contribution in [3.8, 4) is 17.0 Å². The topological polar surface area (TPSA) is 51.2 Å². The lowest BCUT2D eigenvalue weighted by molar-refractivity contribution is -0.116. The maximum absolute atomic E-state index is 12.2. The van der Waals surface area contributed by atoms with Crippen molar-refractivity contribution in [3.05, 3.63) is 65.0 Å². The fraction of sp³-hybridized carbons (Fsp3) is 0.273. The summed E-state index contributed by atoms with van der Waals surface area (Å²) in [5, 5.41) is 5.51. The van der Waals surface area contributed by atoms with Gasteiger partial charge in [-0.25, -0.2) is 4.98 Å². The molecule has 27 heavy (non-hydrogen) atoms. The van der Waals surface area contributed by atoms with E-state index in [1.165, 1.54) is 16.9 Å². The Bertz CT molecular complexity index is 883. The Labute approximate surface area is 164 Å². The number of carbonyl (C=O) groups excluding carboxylic acids is 1. The molecule has 0 bridgehead atoms. The summed E-state index contributed by atoms with van der Waals surface area (Å²) in [5.41, 5.74) is 4.37. The van der Waals surface area contributed by atoms with Crippen molar-refractivity contribution in [2.24, 2.45) is 0 Å². The minimum absolute atomic E-state index is 0.0260. The lowest BCUT2D eigenvalue weighted by atomic mass is 10.0. The molecule has 0 atom stereocenters. The van der Waals surface area contributed by atoms with Crippen molar-refractivity contribution in [2.45, 2.75) is 32.6 Å². The minimum atomic E-state index is -0.0260. The van der Waals surface area contributed by atoms with Gasteiger partial charge in [-0.15, -0.1) is 11.3 Å². The first-order valence-corrected chi connectivity index (χ1v) is 9.92. The maximum Gasteiger partial charge on any atom is 0.226 e. The molecule has 4 nitrogen and oxygen atoms in total. The Kier molecular flexibility index (Phi) is 6.24. The average molecular weight is 381 g/mol. The van der Waals surface area contributed by atoms with Crippen molar-refractivity contribution in [1.29, 1.82) is 0 Å². The van der Waals surface area contributed by atoms with Crippen LogP contribution in [0.5, 0.6) is 5.75 Å². The van der Waals surface area contributed by atoms with Crippen LogP contribution in [0.3, 0.4) is 0 Å². The number of nitrogens with zero attached hydrogens (tertiary/aromatic N) is 1. The normalized spacial score (nSPS) is 10.8. The van der Waals surface area contributed by atoms with Crippen LogP contribution < -0.4 is 10.1 Å². The van der Waals surface area contributed by atoms with E-state index in [9.17, 15) is 4.79 Å². The zero-order valence-electron chi connectivity index (χ0n) is 15.9. The van der Waals surface area contributed by atoms with E-state index in [1.54, 1.807) is 7.11 Å². The molecule has 140 valence electrons. The molecule has 0 saturated heterocycles. The molecule has 3 rings (SSSR count). The monoisotopic (exact) mass is 380 g/mol. The number of ether oxygens (including phenoxy) is 1. The highest BCUT2D eigenvalue weighted by Gasteiger charge is 2.09. The molecule has 1 amide bonds. The van der Waals surface area contributed by atoms with Gasteiger partial charge >= 0.3 is 0 Å². The molecule has 1 N–H and O–H groups in total. The highest BCUT2D eigenvalue weighted by atomic mass is 32.1. The Morgan fingerprint density at radius 1 is 1.11 bits per heavy atom. The third-order valence-electron chi connectivity index (χ3n) is 4.42. The van der Waals surface area contributed by atoms with Crippen molar-refractivity contribution in [1.82, 2.24) is 4.98 Å². The van der Waals surface area contributed by atoms with Crippen LogP contribution in [0.15, 0.2) is 53.9 Å². The molecule has 0 aliphatic rings. The number of nitrogens with one attached hydrogen (secondary N) is 1. The van der Waals surface area contributed by atoms with Gasteiger partial charge in [0.1, 0.15) is 5.75 Å². The number of anilines is 1. The van der Waals surface area contributed by atoms with E-state index in [0.717, 1.165) is 22.6 Å². The van der Waals surface area contributed by atoms with Crippen molar-refractivity contribution in [3.63, 3.8) is 0 Å². The first-order chi connectivity index (χ1) is 13.0. The summed E-state index contributed by atoms with van der Waals surface area (Å²) in [4.78, 5) is 16.7. The summed E-state index contributed by atoms with van der Waals surface area (Å²) >= 11 is 1.45. The lowest BCUT2D eigenvalue weighted by Gasteiger charge is -2.05. The summed E-state index contributed by atoms with van der Waals surface area (Å²) in [6.07, 6.45) is 1.11. The highest BCUT2D eigenvalue weighted by molar-refractivity contribution is 7.14. The van der Waals surface area contributed by atoms with E-state index < -0.39 is 0 Å². The molecule has 1 heterocycles. The number of hydrogen-bond donors (Lipinski definition) is 1. The van der Waals surface area contributed by atoms with E-state index in [0.29, 0.717) is 23.9 Å². The molecule has 5 heteroatoms. The second-order valence-electron chi connectivity index (χ2n) is 6.71. The number of aryl methyl sites for hydroxylation is 1. The van der Waals surface area contributed by atoms with E-state index in [-0.39, 0.29) is 5.91 Å². The first kappa shape index (κ1) is 19.1.